The van der Waals surface area contributed by atoms with Crippen LogP contribution in [0.25, 0.3) is 0 Å². The fourth-order valence-corrected chi connectivity index (χ4v) is 3.13. The van der Waals surface area contributed by atoms with Crippen LogP contribution < -0.4 is 15.2 Å². The molecule has 0 spiro atoms. The van der Waals surface area contributed by atoms with Gasteiger partial charge in [-0.3, -0.25) is 24.1 Å². The van der Waals surface area contributed by atoms with Crippen LogP contribution >= 0.6 is 0 Å². The van der Waals surface area contributed by atoms with Gasteiger partial charge in [-0.05, 0) is 31.5 Å². The minimum Gasteiger partial charge on any atom is -0.451 e. The molecule has 1 aromatic heterocycles. The molecule has 166 valence electrons. The van der Waals surface area contributed by atoms with E-state index < -0.39 is 41.5 Å². The first kappa shape index (κ1) is 22.2. The zero-order valence-electron chi connectivity index (χ0n) is 17.0. The fourth-order valence-electron chi connectivity index (χ4n) is 3.13. The van der Waals surface area contributed by atoms with Crippen LogP contribution in [0.15, 0.2) is 29.2 Å². The van der Waals surface area contributed by atoms with E-state index in [0.29, 0.717) is 0 Å². The SMILES string of the molecule is CC(=O)OCOc1c2n(ccc1=O)N(Cc1cc(F)c(F)c(F)c1)CN(C(C)C)C2=O. The van der Waals surface area contributed by atoms with Crippen molar-refractivity contribution >= 4 is 11.9 Å². The lowest BCUT2D eigenvalue weighted by atomic mass is 10.2. The molecular weight excluding hydrogens is 419 g/mol. The van der Waals surface area contributed by atoms with E-state index in [4.69, 9.17) is 9.47 Å². The average Bonchev–Trinajstić information content (AvgIpc) is 2.69. The Morgan fingerprint density at radius 2 is 1.81 bits per heavy atom. The number of hydrogen-bond donors (Lipinski definition) is 0. The molecule has 31 heavy (non-hydrogen) atoms. The van der Waals surface area contributed by atoms with E-state index in [9.17, 15) is 27.6 Å². The summed E-state index contributed by atoms with van der Waals surface area (Å²) in [6.07, 6.45) is 1.32. The van der Waals surface area contributed by atoms with Crippen LogP contribution in [0.1, 0.15) is 36.8 Å². The number of fused-ring (bicyclic) bond motifs is 1. The quantitative estimate of drug-likeness (QED) is 0.390. The predicted molar refractivity (Wildman–Crippen MR) is 102 cm³/mol. The second-order valence-corrected chi connectivity index (χ2v) is 7.15. The first-order valence-electron chi connectivity index (χ1n) is 9.31. The molecule has 0 fully saturated rings. The highest BCUT2D eigenvalue weighted by atomic mass is 19.2. The third-order valence-corrected chi connectivity index (χ3v) is 4.62. The van der Waals surface area contributed by atoms with Crippen LogP contribution in [0.5, 0.6) is 5.75 Å². The number of hydrogen-bond acceptors (Lipinski definition) is 6. The van der Waals surface area contributed by atoms with Gasteiger partial charge in [-0.15, -0.1) is 0 Å². The van der Waals surface area contributed by atoms with Crippen LogP contribution in [-0.4, -0.2) is 41.0 Å². The van der Waals surface area contributed by atoms with Crippen molar-refractivity contribution in [2.75, 3.05) is 18.5 Å². The van der Waals surface area contributed by atoms with Gasteiger partial charge in [0.25, 0.3) is 5.91 Å². The van der Waals surface area contributed by atoms with Gasteiger partial charge in [0.2, 0.25) is 18.0 Å². The fraction of sp³-hybridized carbons (Fsp3) is 0.350. The normalized spacial score (nSPS) is 13.5. The highest BCUT2D eigenvalue weighted by molar-refractivity contribution is 5.96. The third kappa shape index (κ3) is 4.49. The molecule has 0 atom stereocenters. The molecule has 0 unspecified atom stereocenters. The van der Waals surface area contributed by atoms with Gasteiger partial charge < -0.3 is 14.4 Å². The van der Waals surface area contributed by atoms with Crippen LogP contribution in [0, 0.1) is 17.5 Å². The van der Waals surface area contributed by atoms with Gasteiger partial charge >= 0.3 is 5.97 Å². The summed E-state index contributed by atoms with van der Waals surface area (Å²) in [4.78, 5) is 37.8. The Bertz CT molecular complexity index is 1060. The number of pyridine rings is 1. The molecule has 2 aromatic rings. The first-order chi connectivity index (χ1) is 14.6. The topological polar surface area (TPSA) is 81.1 Å². The molecule has 0 saturated carbocycles. The number of nitrogens with zero attached hydrogens (tertiary/aromatic N) is 3. The van der Waals surface area contributed by atoms with Gasteiger partial charge in [0.05, 0.1) is 6.54 Å². The van der Waals surface area contributed by atoms with E-state index in [1.807, 2.05) is 0 Å². The molecule has 1 aliphatic heterocycles. The molecule has 3 rings (SSSR count). The molecular formula is C20H20F3N3O5. The maximum absolute atomic E-state index is 13.7. The van der Waals surface area contributed by atoms with Crippen LogP contribution in [0.3, 0.4) is 0 Å². The van der Waals surface area contributed by atoms with Gasteiger partial charge in [-0.25, -0.2) is 13.2 Å². The van der Waals surface area contributed by atoms with Crippen molar-refractivity contribution in [3.63, 3.8) is 0 Å². The van der Waals surface area contributed by atoms with Crippen molar-refractivity contribution in [2.45, 2.75) is 33.4 Å². The Morgan fingerprint density at radius 1 is 1.16 bits per heavy atom. The van der Waals surface area contributed by atoms with E-state index in [0.717, 1.165) is 25.1 Å². The number of esters is 1. The summed E-state index contributed by atoms with van der Waals surface area (Å²) in [6, 6.07) is 2.56. The molecule has 0 bridgehead atoms. The Balaban J connectivity index is 2.05. The van der Waals surface area contributed by atoms with Crippen molar-refractivity contribution in [1.82, 2.24) is 9.58 Å². The van der Waals surface area contributed by atoms with Gasteiger partial charge in [0.1, 0.15) is 6.67 Å². The summed E-state index contributed by atoms with van der Waals surface area (Å²) in [6.45, 7) is 4.00. The van der Waals surface area contributed by atoms with Crippen LogP contribution in [0.2, 0.25) is 0 Å². The molecule has 1 amide bonds. The summed E-state index contributed by atoms with van der Waals surface area (Å²) in [5.41, 5.74) is -0.639. The van der Waals surface area contributed by atoms with Crippen molar-refractivity contribution < 1.29 is 32.2 Å². The molecule has 1 aromatic carbocycles. The van der Waals surface area contributed by atoms with Crippen molar-refractivity contribution in [1.29, 1.82) is 0 Å². The monoisotopic (exact) mass is 439 g/mol. The molecule has 8 nitrogen and oxygen atoms in total. The van der Waals surface area contributed by atoms with E-state index in [2.05, 4.69) is 0 Å². The second kappa shape index (κ2) is 8.70. The van der Waals surface area contributed by atoms with Crippen LogP contribution in [0.4, 0.5) is 13.2 Å². The Hall–Kier alpha value is -3.50. The molecule has 1 aliphatic rings. The number of amides is 1. The third-order valence-electron chi connectivity index (χ3n) is 4.62. The number of carbonyl (C=O) groups excluding carboxylic acids is 2. The highest BCUT2D eigenvalue weighted by Crippen LogP contribution is 2.24. The molecule has 0 aliphatic carbocycles. The van der Waals surface area contributed by atoms with Gasteiger partial charge in [0, 0.05) is 25.2 Å². The van der Waals surface area contributed by atoms with Crippen molar-refractivity contribution in [2.24, 2.45) is 0 Å². The maximum atomic E-state index is 13.7. The number of aromatic nitrogens is 1. The number of halogens is 3. The van der Waals surface area contributed by atoms with Gasteiger partial charge in [-0.1, -0.05) is 0 Å². The number of ether oxygens (including phenoxy) is 2. The van der Waals surface area contributed by atoms with Crippen molar-refractivity contribution in [3.8, 4) is 5.75 Å². The summed E-state index contributed by atoms with van der Waals surface area (Å²) in [5, 5.41) is 1.53. The summed E-state index contributed by atoms with van der Waals surface area (Å²) in [5.74, 6) is -5.74. The highest BCUT2D eigenvalue weighted by Gasteiger charge is 2.34. The first-order valence-corrected chi connectivity index (χ1v) is 9.31. The lowest BCUT2D eigenvalue weighted by Gasteiger charge is -2.41. The predicted octanol–water partition coefficient (Wildman–Crippen LogP) is 2.12. The molecule has 0 N–H and O–H groups in total. The van der Waals surface area contributed by atoms with Gasteiger partial charge in [0.15, 0.2) is 23.1 Å². The lowest BCUT2D eigenvalue weighted by molar-refractivity contribution is -0.147. The molecule has 11 heteroatoms. The number of rotatable bonds is 6. The van der Waals surface area contributed by atoms with Crippen molar-refractivity contribution in [3.05, 3.63) is 63.3 Å². The molecule has 0 saturated heterocycles. The van der Waals surface area contributed by atoms with Gasteiger partial charge in [-0.2, -0.15) is 0 Å². The number of carbonyl (C=O) groups is 2. The summed E-state index contributed by atoms with van der Waals surface area (Å²) >= 11 is 0. The van der Waals surface area contributed by atoms with E-state index in [1.54, 1.807) is 13.8 Å². The average molecular weight is 439 g/mol. The minimum atomic E-state index is -1.58. The summed E-state index contributed by atoms with van der Waals surface area (Å²) < 4.78 is 51.9. The Labute approximate surface area is 175 Å². The molecule has 2 heterocycles. The summed E-state index contributed by atoms with van der Waals surface area (Å²) in [7, 11) is 0. The molecule has 0 radical (unpaired) electrons. The van der Waals surface area contributed by atoms with Crippen LogP contribution in [-0.2, 0) is 16.1 Å². The smallest absolute Gasteiger partial charge is 0.305 e. The lowest BCUT2D eigenvalue weighted by Crippen LogP contribution is -2.55. The van der Waals surface area contributed by atoms with E-state index >= 15 is 0 Å². The maximum Gasteiger partial charge on any atom is 0.305 e. The van der Waals surface area contributed by atoms with E-state index in [-0.39, 0.29) is 36.3 Å². The standard InChI is InChI=1S/C20H20F3N3O5/c1-11(2)25-9-24(8-13-6-14(21)17(23)15(22)7-13)26-5-4-16(28)19(18(26)20(25)29)31-10-30-12(3)27/h4-7,11H,8-10H2,1-3H3. The Kier molecular flexibility index (Phi) is 6.23. The Morgan fingerprint density at radius 3 is 2.39 bits per heavy atom. The largest absolute Gasteiger partial charge is 0.451 e. The second-order valence-electron chi connectivity index (χ2n) is 7.15. The minimum absolute atomic E-state index is 0.0242. The number of benzene rings is 1. The van der Waals surface area contributed by atoms with E-state index in [1.165, 1.54) is 20.8 Å². The zero-order valence-corrected chi connectivity index (χ0v) is 17.0. The zero-order chi connectivity index (χ0) is 22.9.